The van der Waals surface area contributed by atoms with Gasteiger partial charge in [0.1, 0.15) is 6.33 Å². The predicted octanol–water partition coefficient (Wildman–Crippen LogP) is 2.82. The van der Waals surface area contributed by atoms with Crippen LogP contribution in [-0.2, 0) is 0 Å². The molecule has 1 aliphatic rings. The summed E-state index contributed by atoms with van der Waals surface area (Å²) < 4.78 is 3.66. The number of piperidine rings is 1. The van der Waals surface area contributed by atoms with Gasteiger partial charge in [-0.05, 0) is 68.1 Å². The van der Waals surface area contributed by atoms with Crippen molar-refractivity contribution in [1.29, 1.82) is 5.26 Å². The smallest absolute Gasteiger partial charge is 0.306 e. The van der Waals surface area contributed by atoms with Crippen molar-refractivity contribution in [1.82, 2.24) is 29.0 Å². The Bertz CT molecular complexity index is 1350. The first-order chi connectivity index (χ1) is 14.5. The van der Waals surface area contributed by atoms with Crippen molar-refractivity contribution in [2.75, 3.05) is 19.6 Å². The van der Waals surface area contributed by atoms with Gasteiger partial charge in [-0.1, -0.05) is 0 Å². The van der Waals surface area contributed by atoms with Gasteiger partial charge in [0, 0.05) is 18.3 Å². The standard InChI is InChI=1S/C22H23N7O/c1-14-9-20-19(10-18(14)16-8-15(2)21-24-13-25-28(21)11-16)26-22(30)29(20)17-4-3-6-27(12-17)7-5-23/h8-11,13,17H,3-4,6-7,12H2,1-2H3,(H,26,30)/t17-/m1/s1. The molecule has 4 heterocycles. The molecule has 1 saturated heterocycles. The zero-order valence-electron chi connectivity index (χ0n) is 17.1. The lowest BCUT2D eigenvalue weighted by atomic mass is 9.99. The minimum absolute atomic E-state index is 0.0762. The number of likely N-dealkylation sites (tertiary alicyclic amines) is 1. The van der Waals surface area contributed by atoms with Crippen LogP contribution in [0.3, 0.4) is 0 Å². The lowest BCUT2D eigenvalue weighted by Crippen LogP contribution is -2.39. The fourth-order valence-corrected chi connectivity index (χ4v) is 4.68. The van der Waals surface area contributed by atoms with E-state index < -0.39 is 0 Å². The Balaban J connectivity index is 1.60. The van der Waals surface area contributed by atoms with E-state index in [-0.39, 0.29) is 11.7 Å². The number of nitrogens with one attached hydrogen (secondary N) is 1. The van der Waals surface area contributed by atoms with Crippen LogP contribution in [0.2, 0.25) is 0 Å². The van der Waals surface area contributed by atoms with Gasteiger partial charge >= 0.3 is 5.69 Å². The molecule has 1 aromatic carbocycles. The molecule has 0 bridgehead atoms. The molecule has 1 aliphatic heterocycles. The summed E-state index contributed by atoms with van der Waals surface area (Å²) in [6.45, 7) is 6.13. The van der Waals surface area contributed by atoms with Gasteiger partial charge in [-0.2, -0.15) is 10.4 Å². The second-order valence-corrected chi connectivity index (χ2v) is 8.11. The van der Waals surface area contributed by atoms with Crippen LogP contribution in [0.5, 0.6) is 0 Å². The molecule has 8 nitrogen and oxygen atoms in total. The van der Waals surface area contributed by atoms with E-state index in [1.807, 2.05) is 17.7 Å². The number of aryl methyl sites for hydroxylation is 2. The molecular formula is C22H23N7O. The Morgan fingerprint density at radius 2 is 2.13 bits per heavy atom. The first kappa shape index (κ1) is 18.6. The van der Waals surface area contributed by atoms with E-state index >= 15 is 0 Å². The molecule has 4 aromatic rings. The summed E-state index contributed by atoms with van der Waals surface area (Å²) in [7, 11) is 0. The summed E-state index contributed by atoms with van der Waals surface area (Å²) >= 11 is 0. The van der Waals surface area contributed by atoms with Crippen molar-refractivity contribution in [2.45, 2.75) is 32.7 Å². The average molecular weight is 401 g/mol. The predicted molar refractivity (Wildman–Crippen MR) is 114 cm³/mol. The fraction of sp³-hybridized carbons (Fsp3) is 0.364. The van der Waals surface area contributed by atoms with E-state index in [4.69, 9.17) is 5.26 Å². The third-order valence-electron chi connectivity index (χ3n) is 6.07. The van der Waals surface area contributed by atoms with E-state index in [0.717, 1.165) is 64.9 Å². The highest BCUT2D eigenvalue weighted by atomic mass is 16.1. The topological polar surface area (TPSA) is 95.0 Å². The molecule has 1 N–H and O–H groups in total. The number of imidazole rings is 1. The number of rotatable bonds is 3. The first-order valence-corrected chi connectivity index (χ1v) is 10.2. The SMILES string of the molecule is Cc1cc2c(cc1-c1cc(C)c3ncnn3c1)[nH]c(=O)n2[C@@H]1CCCN(CC#N)C1. The number of nitriles is 1. The molecule has 0 radical (unpaired) electrons. The highest BCUT2D eigenvalue weighted by Crippen LogP contribution is 2.31. The van der Waals surface area contributed by atoms with E-state index in [0.29, 0.717) is 6.54 Å². The Kier molecular flexibility index (Phi) is 4.40. The second kappa shape index (κ2) is 7.11. The van der Waals surface area contributed by atoms with Gasteiger partial charge in [-0.15, -0.1) is 0 Å². The summed E-state index contributed by atoms with van der Waals surface area (Å²) in [5.41, 5.74) is 6.75. The summed E-state index contributed by atoms with van der Waals surface area (Å²) in [6.07, 6.45) is 5.45. The lowest BCUT2D eigenvalue weighted by Gasteiger charge is -2.31. The number of H-pyrrole nitrogens is 1. The maximum absolute atomic E-state index is 12.9. The number of hydrogen-bond donors (Lipinski definition) is 1. The second-order valence-electron chi connectivity index (χ2n) is 8.11. The van der Waals surface area contributed by atoms with E-state index in [1.54, 1.807) is 10.8 Å². The number of fused-ring (bicyclic) bond motifs is 2. The van der Waals surface area contributed by atoms with Crippen LogP contribution in [-0.4, -0.2) is 48.7 Å². The minimum atomic E-state index is -0.0896. The van der Waals surface area contributed by atoms with Gasteiger partial charge in [0.05, 0.1) is 29.7 Å². The maximum Gasteiger partial charge on any atom is 0.326 e. The molecule has 0 amide bonds. The van der Waals surface area contributed by atoms with E-state index in [2.05, 4.69) is 51.2 Å². The van der Waals surface area contributed by atoms with Gasteiger partial charge in [0.25, 0.3) is 0 Å². The third-order valence-corrected chi connectivity index (χ3v) is 6.07. The zero-order chi connectivity index (χ0) is 20.8. The van der Waals surface area contributed by atoms with Crippen molar-refractivity contribution >= 4 is 16.7 Å². The van der Waals surface area contributed by atoms with Crippen LogP contribution in [0, 0.1) is 25.2 Å². The summed E-state index contributed by atoms with van der Waals surface area (Å²) in [6, 6.07) is 8.55. The van der Waals surface area contributed by atoms with Crippen LogP contribution in [0.25, 0.3) is 27.8 Å². The Hall–Kier alpha value is -3.44. The number of pyridine rings is 1. The van der Waals surface area contributed by atoms with Gasteiger partial charge in [0.2, 0.25) is 0 Å². The molecule has 8 heteroatoms. The van der Waals surface area contributed by atoms with E-state index in [9.17, 15) is 4.79 Å². The largest absolute Gasteiger partial charge is 0.326 e. The summed E-state index contributed by atoms with van der Waals surface area (Å²) in [5, 5.41) is 13.3. The molecule has 0 saturated carbocycles. The highest BCUT2D eigenvalue weighted by Gasteiger charge is 2.24. The summed E-state index contributed by atoms with van der Waals surface area (Å²) in [4.78, 5) is 22.3. The Morgan fingerprint density at radius 1 is 1.27 bits per heavy atom. The van der Waals surface area contributed by atoms with Crippen LogP contribution in [0.1, 0.15) is 30.0 Å². The van der Waals surface area contributed by atoms with Crippen molar-refractivity contribution in [3.05, 3.63) is 52.3 Å². The fourth-order valence-electron chi connectivity index (χ4n) is 4.68. The number of nitrogens with zero attached hydrogens (tertiary/aromatic N) is 6. The van der Waals surface area contributed by atoms with Crippen LogP contribution in [0.4, 0.5) is 0 Å². The number of aromatic amines is 1. The molecule has 30 heavy (non-hydrogen) atoms. The monoisotopic (exact) mass is 401 g/mol. The molecule has 1 fully saturated rings. The van der Waals surface area contributed by atoms with Crippen molar-refractivity contribution < 1.29 is 0 Å². The van der Waals surface area contributed by atoms with Gasteiger partial charge < -0.3 is 4.98 Å². The normalized spacial score (nSPS) is 17.6. The Morgan fingerprint density at radius 3 is 2.97 bits per heavy atom. The summed E-state index contributed by atoms with van der Waals surface area (Å²) in [5.74, 6) is 0. The van der Waals surface area contributed by atoms with Crippen LogP contribution in [0.15, 0.2) is 35.5 Å². The number of aromatic nitrogens is 5. The average Bonchev–Trinajstić information content (AvgIpc) is 3.31. The van der Waals surface area contributed by atoms with Gasteiger partial charge in [-0.25, -0.2) is 14.3 Å². The quantitative estimate of drug-likeness (QED) is 0.533. The number of hydrogen-bond acceptors (Lipinski definition) is 5. The minimum Gasteiger partial charge on any atom is -0.306 e. The molecule has 0 aliphatic carbocycles. The molecule has 0 unspecified atom stereocenters. The molecule has 5 rings (SSSR count). The first-order valence-electron chi connectivity index (χ1n) is 10.2. The van der Waals surface area contributed by atoms with Gasteiger partial charge in [0.15, 0.2) is 5.65 Å². The highest BCUT2D eigenvalue weighted by molar-refractivity contribution is 5.84. The zero-order valence-corrected chi connectivity index (χ0v) is 17.1. The van der Waals surface area contributed by atoms with E-state index in [1.165, 1.54) is 0 Å². The molecule has 152 valence electrons. The molecule has 1 atom stereocenters. The number of benzene rings is 1. The third kappa shape index (κ3) is 2.99. The van der Waals surface area contributed by atoms with Crippen LogP contribution < -0.4 is 5.69 Å². The van der Waals surface area contributed by atoms with Gasteiger partial charge in [-0.3, -0.25) is 9.47 Å². The van der Waals surface area contributed by atoms with Crippen LogP contribution >= 0.6 is 0 Å². The van der Waals surface area contributed by atoms with Crippen molar-refractivity contribution in [2.24, 2.45) is 0 Å². The lowest BCUT2D eigenvalue weighted by molar-refractivity contribution is 0.196. The Labute approximate surface area is 173 Å². The molecule has 0 spiro atoms. The molecular weight excluding hydrogens is 378 g/mol. The maximum atomic E-state index is 12.9. The van der Waals surface area contributed by atoms with Crippen molar-refractivity contribution in [3.63, 3.8) is 0 Å². The van der Waals surface area contributed by atoms with Crippen molar-refractivity contribution in [3.8, 4) is 17.2 Å². The molecule has 3 aromatic heterocycles.